The largest absolute Gasteiger partial charge is 0.465 e. The summed E-state index contributed by atoms with van der Waals surface area (Å²) in [6.45, 7) is 9.72. The minimum atomic E-state index is -0.178. The molecule has 0 bridgehead atoms. The van der Waals surface area contributed by atoms with Gasteiger partial charge in [-0.25, -0.2) is 0 Å². The Balaban J connectivity index is 0.817. The minimum Gasteiger partial charge on any atom is -0.465 e. The van der Waals surface area contributed by atoms with Crippen LogP contribution in [0.5, 0.6) is 11.5 Å². The summed E-state index contributed by atoms with van der Waals surface area (Å²) in [6, 6.07) is 16.9. The van der Waals surface area contributed by atoms with Crippen LogP contribution in [0.15, 0.2) is 48.5 Å². The van der Waals surface area contributed by atoms with Crippen molar-refractivity contribution >= 4 is 11.8 Å². The van der Waals surface area contributed by atoms with E-state index in [2.05, 4.69) is 48.2 Å². The van der Waals surface area contributed by atoms with Crippen LogP contribution in [0.4, 0.5) is 0 Å². The first-order chi connectivity index (χ1) is 30.4. The Morgan fingerprint density at radius 2 is 0.934 bits per heavy atom. The number of rotatable bonds is 40. The van der Waals surface area contributed by atoms with Crippen molar-refractivity contribution in [3.63, 3.8) is 0 Å². The Labute approximate surface area is 372 Å². The third-order valence-electron chi connectivity index (χ3n) is 10.5. The highest BCUT2D eigenvalue weighted by Crippen LogP contribution is 2.30. The summed E-state index contributed by atoms with van der Waals surface area (Å²) >= 11 is 2.06. The van der Waals surface area contributed by atoms with Gasteiger partial charge in [0.25, 0.3) is 0 Å². The highest BCUT2D eigenvalue weighted by Gasteiger charge is 2.19. The van der Waals surface area contributed by atoms with Gasteiger partial charge in [-0.05, 0) is 92.9 Å². The molecule has 2 saturated heterocycles. The van der Waals surface area contributed by atoms with E-state index in [1.807, 2.05) is 12.1 Å². The average Bonchev–Trinajstić information content (AvgIpc) is 3.29. The van der Waals surface area contributed by atoms with Crippen molar-refractivity contribution in [3.8, 4) is 11.5 Å². The molecule has 0 spiro atoms. The van der Waals surface area contributed by atoms with E-state index >= 15 is 0 Å². The molecule has 0 N–H and O–H groups in total. The standard InChI is InChI=1S/C49H80O11S/c1(2-4-6-17-41-61-43-44-18-8-7-9-19-44)3-5-13-25-50-29-31-52-33-35-54-37-39-56-40-38-55-36-34-53-32-30-51-26-14-10-20-45-42-46(59-48-21-11-15-27-57-48)23-24-47(45)60-49-22-12-16-28-58-49/h7-9,18-19,23-24,42,48-49H,1-6,10-17,20-22,25-41,43H2. The van der Waals surface area contributed by atoms with Gasteiger partial charge in [0.2, 0.25) is 0 Å². The maximum atomic E-state index is 6.27. The van der Waals surface area contributed by atoms with E-state index in [0.29, 0.717) is 85.9 Å². The lowest BCUT2D eigenvalue weighted by Gasteiger charge is -2.26. The van der Waals surface area contributed by atoms with Crippen molar-refractivity contribution in [3.05, 3.63) is 59.7 Å². The molecule has 2 heterocycles. The van der Waals surface area contributed by atoms with Crippen LogP contribution in [0.1, 0.15) is 114 Å². The number of hydrogen-bond acceptors (Lipinski definition) is 12. The van der Waals surface area contributed by atoms with Gasteiger partial charge in [-0.3, -0.25) is 0 Å². The first-order valence-electron chi connectivity index (χ1n) is 23.7. The molecule has 2 unspecified atom stereocenters. The second kappa shape index (κ2) is 37.4. The van der Waals surface area contributed by atoms with E-state index in [9.17, 15) is 0 Å². The molecule has 0 aliphatic carbocycles. The van der Waals surface area contributed by atoms with Crippen molar-refractivity contribution in [2.45, 2.75) is 127 Å². The molecule has 2 aromatic carbocycles. The lowest BCUT2D eigenvalue weighted by atomic mass is 10.1. The lowest BCUT2D eigenvalue weighted by Crippen LogP contribution is -2.26. The molecule has 2 atom stereocenters. The fourth-order valence-corrected chi connectivity index (χ4v) is 8.00. The van der Waals surface area contributed by atoms with Crippen molar-refractivity contribution < 1.29 is 52.1 Å². The molecule has 11 nitrogen and oxygen atoms in total. The van der Waals surface area contributed by atoms with Gasteiger partial charge in [-0.15, -0.1) is 0 Å². The predicted octanol–water partition coefficient (Wildman–Crippen LogP) is 9.99. The fourth-order valence-electron chi connectivity index (χ4n) is 7.02. The van der Waals surface area contributed by atoms with Crippen molar-refractivity contribution in [2.24, 2.45) is 0 Å². The van der Waals surface area contributed by atoms with Gasteiger partial charge in [0.05, 0.1) is 92.5 Å². The summed E-state index contributed by atoms with van der Waals surface area (Å²) in [6.07, 6.45) is 19.2. The van der Waals surface area contributed by atoms with Crippen molar-refractivity contribution in [2.75, 3.05) is 111 Å². The van der Waals surface area contributed by atoms with E-state index in [0.717, 1.165) is 107 Å². The molecule has 2 fully saturated rings. The predicted molar refractivity (Wildman–Crippen MR) is 243 cm³/mol. The van der Waals surface area contributed by atoms with Crippen LogP contribution in [0, 0.1) is 0 Å². The van der Waals surface area contributed by atoms with Crippen molar-refractivity contribution in [1.82, 2.24) is 0 Å². The van der Waals surface area contributed by atoms with Crippen LogP contribution in [0.2, 0.25) is 0 Å². The van der Waals surface area contributed by atoms with Crippen molar-refractivity contribution in [1.29, 1.82) is 0 Å². The number of aryl methyl sites for hydroxylation is 1. The molecule has 0 radical (unpaired) electrons. The molecule has 0 aromatic heterocycles. The number of benzene rings is 2. The summed E-state index contributed by atoms with van der Waals surface area (Å²) < 4.78 is 63.6. The molecule has 0 amide bonds. The molecule has 2 aliphatic heterocycles. The maximum Gasteiger partial charge on any atom is 0.199 e. The lowest BCUT2D eigenvalue weighted by molar-refractivity contribution is -0.108. The van der Waals surface area contributed by atoms with Gasteiger partial charge in [0, 0.05) is 31.8 Å². The van der Waals surface area contributed by atoms with E-state index in [4.69, 9.17) is 52.1 Å². The van der Waals surface area contributed by atoms with Crippen LogP contribution in [-0.4, -0.2) is 124 Å². The second-order valence-corrected chi connectivity index (χ2v) is 16.8. The van der Waals surface area contributed by atoms with Crippen LogP contribution >= 0.6 is 11.8 Å². The van der Waals surface area contributed by atoms with Gasteiger partial charge < -0.3 is 52.1 Å². The molecular weight excluding hydrogens is 797 g/mol. The maximum absolute atomic E-state index is 6.27. The molecular formula is C49H80O11S. The summed E-state index contributed by atoms with van der Waals surface area (Å²) in [5.74, 6) is 4.12. The zero-order chi connectivity index (χ0) is 42.4. The van der Waals surface area contributed by atoms with E-state index in [-0.39, 0.29) is 12.6 Å². The number of ether oxygens (including phenoxy) is 11. The first kappa shape index (κ1) is 51.7. The normalized spacial score (nSPS) is 16.9. The molecule has 2 aliphatic rings. The summed E-state index contributed by atoms with van der Waals surface area (Å²) in [5, 5.41) is 0. The summed E-state index contributed by atoms with van der Waals surface area (Å²) in [7, 11) is 0. The zero-order valence-corrected chi connectivity index (χ0v) is 38.2. The van der Waals surface area contributed by atoms with E-state index in [1.165, 1.54) is 56.3 Å². The Morgan fingerprint density at radius 3 is 1.46 bits per heavy atom. The second-order valence-electron chi connectivity index (χ2n) is 15.7. The highest BCUT2D eigenvalue weighted by molar-refractivity contribution is 7.98. The quantitative estimate of drug-likeness (QED) is 0.0596. The Kier molecular flexibility index (Phi) is 31.7. The molecule has 4 rings (SSSR count). The topological polar surface area (TPSA) is 102 Å². The van der Waals surface area contributed by atoms with Gasteiger partial charge in [-0.1, -0.05) is 68.9 Å². The zero-order valence-electron chi connectivity index (χ0n) is 37.4. The smallest absolute Gasteiger partial charge is 0.199 e. The Hall–Kier alpha value is -1.97. The SMILES string of the molecule is c1ccc(CSCCCCCCCCCCOCCOCCOCCOCCOCCOCCOCCCCc2cc(OC3CCCCO3)ccc2OC2CCCCO2)cc1. The number of hydrogen-bond donors (Lipinski definition) is 0. The van der Waals surface area contributed by atoms with E-state index < -0.39 is 0 Å². The van der Waals surface area contributed by atoms with Crippen LogP contribution in [0.25, 0.3) is 0 Å². The Bertz CT molecular complexity index is 1260. The van der Waals surface area contributed by atoms with E-state index in [1.54, 1.807) is 0 Å². The highest BCUT2D eigenvalue weighted by atomic mass is 32.2. The molecule has 348 valence electrons. The third-order valence-corrected chi connectivity index (χ3v) is 11.6. The molecule has 2 aromatic rings. The monoisotopic (exact) mass is 877 g/mol. The van der Waals surface area contributed by atoms with Gasteiger partial charge in [0.15, 0.2) is 12.6 Å². The average molecular weight is 877 g/mol. The molecule has 61 heavy (non-hydrogen) atoms. The number of thioether (sulfide) groups is 1. The molecule has 12 heteroatoms. The third kappa shape index (κ3) is 27.7. The van der Waals surface area contributed by atoms with Crippen LogP contribution in [0.3, 0.4) is 0 Å². The van der Waals surface area contributed by atoms with Crippen LogP contribution in [-0.2, 0) is 54.8 Å². The Morgan fingerprint density at radius 1 is 0.459 bits per heavy atom. The van der Waals surface area contributed by atoms with Gasteiger partial charge in [-0.2, -0.15) is 11.8 Å². The first-order valence-corrected chi connectivity index (χ1v) is 24.9. The number of unbranched alkanes of at least 4 members (excludes halogenated alkanes) is 8. The van der Waals surface area contributed by atoms with Gasteiger partial charge >= 0.3 is 0 Å². The van der Waals surface area contributed by atoms with Gasteiger partial charge in [0.1, 0.15) is 11.5 Å². The summed E-state index contributed by atoms with van der Waals surface area (Å²) in [4.78, 5) is 0. The van der Waals surface area contributed by atoms with Crippen LogP contribution < -0.4 is 9.47 Å². The fraction of sp³-hybridized carbons (Fsp3) is 0.755. The summed E-state index contributed by atoms with van der Waals surface area (Å²) in [5.41, 5.74) is 2.57. The molecule has 0 saturated carbocycles. The minimum absolute atomic E-state index is 0.170.